The quantitative estimate of drug-likeness (QED) is 0.439. The van der Waals surface area contributed by atoms with E-state index in [0.717, 1.165) is 38.4 Å². The van der Waals surface area contributed by atoms with E-state index >= 15 is 0 Å². The molecule has 0 atom stereocenters. The SMILES string of the molecule is Oc1ccc2c3ccncc3n3c4ccccc4nc3c2c1. The summed E-state index contributed by atoms with van der Waals surface area (Å²) in [5.74, 6) is 0.245. The molecule has 104 valence electrons. The molecule has 5 rings (SSSR count). The number of phenolic OH excluding ortho intramolecular Hbond substituents is 1. The van der Waals surface area contributed by atoms with Crippen molar-refractivity contribution < 1.29 is 5.11 Å². The van der Waals surface area contributed by atoms with Gasteiger partial charge < -0.3 is 5.11 Å². The van der Waals surface area contributed by atoms with Crippen molar-refractivity contribution in [3.63, 3.8) is 0 Å². The monoisotopic (exact) mass is 285 g/mol. The zero-order valence-corrected chi connectivity index (χ0v) is 11.6. The molecular formula is C18H11N3O. The van der Waals surface area contributed by atoms with Crippen LogP contribution in [0.15, 0.2) is 60.9 Å². The Balaban J connectivity index is 2.23. The molecule has 0 aliphatic rings. The van der Waals surface area contributed by atoms with Crippen molar-refractivity contribution in [3.8, 4) is 5.75 Å². The molecule has 0 saturated carbocycles. The van der Waals surface area contributed by atoms with Gasteiger partial charge >= 0.3 is 0 Å². The third kappa shape index (κ3) is 1.36. The second-order valence-corrected chi connectivity index (χ2v) is 5.38. The number of benzene rings is 2. The number of rotatable bonds is 0. The lowest BCUT2D eigenvalue weighted by Gasteiger charge is -2.08. The van der Waals surface area contributed by atoms with Gasteiger partial charge in [0, 0.05) is 17.0 Å². The molecule has 0 bridgehead atoms. The Bertz CT molecular complexity index is 1190. The third-order valence-electron chi connectivity index (χ3n) is 4.14. The van der Waals surface area contributed by atoms with Gasteiger partial charge in [0.05, 0.1) is 22.7 Å². The lowest BCUT2D eigenvalue weighted by molar-refractivity contribution is 0.476. The smallest absolute Gasteiger partial charge is 0.146 e. The Morgan fingerprint density at radius 1 is 0.864 bits per heavy atom. The molecule has 2 aromatic carbocycles. The van der Waals surface area contributed by atoms with Gasteiger partial charge in [0.1, 0.15) is 11.4 Å². The van der Waals surface area contributed by atoms with Gasteiger partial charge in [-0.3, -0.25) is 9.38 Å². The molecule has 0 aliphatic heterocycles. The normalized spacial score (nSPS) is 11.8. The number of para-hydroxylation sites is 2. The van der Waals surface area contributed by atoms with Gasteiger partial charge in [-0.2, -0.15) is 0 Å². The van der Waals surface area contributed by atoms with Gasteiger partial charge in [0.15, 0.2) is 0 Å². The minimum absolute atomic E-state index is 0.245. The maximum atomic E-state index is 9.89. The highest BCUT2D eigenvalue weighted by Gasteiger charge is 2.13. The molecule has 0 amide bonds. The summed E-state index contributed by atoms with van der Waals surface area (Å²) in [6.07, 6.45) is 3.66. The maximum absolute atomic E-state index is 9.89. The van der Waals surface area contributed by atoms with Crippen molar-refractivity contribution in [1.29, 1.82) is 0 Å². The summed E-state index contributed by atoms with van der Waals surface area (Å²) < 4.78 is 2.11. The number of hydrogen-bond donors (Lipinski definition) is 1. The van der Waals surface area contributed by atoms with Crippen molar-refractivity contribution in [2.45, 2.75) is 0 Å². The van der Waals surface area contributed by atoms with Crippen molar-refractivity contribution >= 4 is 38.4 Å². The minimum Gasteiger partial charge on any atom is -0.508 e. The number of pyridine rings is 2. The predicted molar refractivity (Wildman–Crippen MR) is 87.2 cm³/mol. The summed E-state index contributed by atoms with van der Waals surface area (Å²) in [6.45, 7) is 0. The van der Waals surface area contributed by atoms with Crippen LogP contribution in [0.2, 0.25) is 0 Å². The molecule has 3 heterocycles. The van der Waals surface area contributed by atoms with E-state index < -0.39 is 0 Å². The Kier molecular flexibility index (Phi) is 2.07. The van der Waals surface area contributed by atoms with Crippen LogP contribution in [0.25, 0.3) is 38.4 Å². The molecule has 3 aromatic heterocycles. The maximum Gasteiger partial charge on any atom is 0.146 e. The molecule has 22 heavy (non-hydrogen) atoms. The first-order valence-corrected chi connectivity index (χ1v) is 7.08. The van der Waals surface area contributed by atoms with Crippen molar-refractivity contribution in [2.75, 3.05) is 0 Å². The number of hydrogen-bond acceptors (Lipinski definition) is 3. The van der Waals surface area contributed by atoms with E-state index in [0.29, 0.717) is 0 Å². The first-order valence-electron chi connectivity index (χ1n) is 7.08. The molecule has 5 aromatic rings. The standard InChI is InChI=1S/C18H11N3O/c22-11-5-6-12-13-7-8-19-10-17(13)21-16-4-2-1-3-15(16)20-18(21)14(12)9-11/h1-10,22H. The summed E-state index contributed by atoms with van der Waals surface area (Å²) in [5, 5.41) is 13.0. The second kappa shape index (κ2) is 3.95. The Hall–Kier alpha value is -3.14. The molecule has 0 radical (unpaired) electrons. The molecule has 4 heteroatoms. The van der Waals surface area contributed by atoms with E-state index in [9.17, 15) is 5.11 Å². The molecule has 0 unspecified atom stereocenters. The van der Waals surface area contributed by atoms with Gasteiger partial charge in [-0.25, -0.2) is 4.98 Å². The summed E-state index contributed by atoms with van der Waals surface area (Å²) in [7, 11) is 0. The number of aromatic hydroxyl groups is 1. The fourth-order valence-corrected chi connectivity index (χ4v) is 3.19. The molecule has 0 fully saturated rings. The van der Waals surface area contributed by atoms with Crippen LogP contribution < -0.4 is 0 Å². The number of fused-ring (bicyclic) bond motifs is 8. The minimum atomic E-state index is 0.245. The zero-order chi connectivity index (χ0) is 14.7. The number of imidazole rings is 1. The first kappa shape index (κ1) is 11.5. The number of phenols is 1. The van der Waals surface area contributed by atoms with Gasteiger partial charge in [-0.1, -0.05) is 12.1 Å². The van der Waals surface area contributed by atoms with Gasteiger partial charge in [-0.15, -0.1) is 0 Å². The molecule has 0 spiro atoms. The lowest BCUT2D eigenvalue weighted by atomic mass is 10.1. The highest BCUT2D eigenvalue weighted by molar-refractivity contribution is 6.13. The second-order valence-electron chi connectivity index (χ2n) is 5.38. The van der Waals surface area contributed by atoms with Crippen molar-refractivity contribution in [2.24, 2.45) is 0 Å². The highest BCUT2D eigenvalue weighted by atomic mass is 16.3. The van der Waals surface area contributed by atoms with Crippen LogP contribution in [-0.4, -0.2) is 19.5 Å². The molecular weight excluding hydrogens is 274 g/mol. The molecule has 0 saturated heterocycles. The predicted octanol–water partition coefficient (Wildman–Crippen LogP) is 3.89. The van der Waals surface area contributed by atoms with E-state index in [-0.39, 0.29) is 5.75 Å². The summed E-state index contributed by atoms with van der Waals surface area (Å²) in [5.41, 5.74) is 3.83. The zero-order valence-electron chi connectivity index (χ0n) is 11.6. The largest absolute Gasteiger partial charge is 0.508 e. The van der Waals surface area contributed by atoms with E-state index in [1.165, 1.54) is 0 Å². The van der Waals surface area contributed by atoms with Crippen LogP contribution in [0.1, 0.15) is 0 Å². The van der Waals surface area contributed by atoms with Gasteiger partial charge in [-0.05, 0) is 41.8 Å². The van der Waals surface area contributed by atoms with Crippen LogP contribution in [0, 0.1) is 0 Å². The van der Waals surface area contributed by atoms with Gasteiger partial charge in [0.2, 0.25) is 0 Å². The fourth-order valence-electron chi connectivity index (χ4n) is 3.19. The summed E-state index contributed by atoms with van der Waals surface area (Å²) in [4.78, 5) is 9.03. The summed E-state index contributed by atoms with van der Waals surface area (Å²) >= 11 is 0. The Labute approximate surface area is 125 Å². The number of nitrogens with zero attached hydrogens (tertiary/aromatic N) is 3. The number of aromatic nitrogens is 3. The highest BCUT2D eigenvalue weighted by Crippen LogP contribution is 2.33. The van der Waals surface area contributed by atoms with E-state index in [1.807, 2.05) is 36.5 Å². The fraction of sp³-hybridized carbons (Fsp3) is 0. The molecule has 1 N–H and O–H groups in total. The summed E-state index contributed by atoms with van der Waals surface area (Å²) in [6, 6.07) is 15.5. The average molecular weight is 285 g/mol. The van der Waals surface area contributed by atoms with E-state index in [1.54, 1.807) is 18.3 Å². The molecule has 0 aliphatic carbocycles. The first-order chi connectivity index (χ1) is 10.8. The molecule has 4 nitrogen and oxygen atoms in total. The third-order valence-corrected chi connectivity index (χ3v) is 4.14. The van der Waals surface area contributed by atoms with E-state index in [2.05, 4.69) is 15.5 Å². The topological polar surface area (TPSA) is 50.4 Å². The Morgan fingerprint density at radius 3 is 2.73 bits per heavy atom. The van der Waals surface area contributed by atoms with Crippen LogP contribution in [0.5, 0.6) is 5.75 Å². The van der Waals surface area contributed by atoms with Crippen molar-refractivity contribution in [1.82, 2.24) is 14.4 Å². The van der Waals surface area contributed by atoms with E-state index in [4.69, 9.17) is 4.98 Å². The average Bonchev–Trinajstić information content (AvgIpc) is 2.95. The van der Waals surface area contributed by atoms with Crippen molar-refractivity contribution in [3.05, 3.63) is 60.9 Å². The van der Waals surface area contributed by atoms with Gasteiger partial charge in [0.25, 0.3) is 0 Å². The van der Waals surface area contributed by atoms with Crippen LogP contribution >= 0.6 is 0 Å². The van der Waals surface area contributed by atoms with Crippen LogP contribution in [0.3, 0.4) is 0 Å². The lowest BCUT2D eigenvalue weighted by Crippen LogP contribution is -1.92. The Morgan fingerprint density at radius 2 is 1.77 bits per heavy atom. The van der Waals surface area contributed by atoms with Crippen LogP contribution in [-0.2, 0) is 0 Å². The van der Waals surface area contributed by atoms with Crippen LogP contribution in [0.4, 0.5) is 0 Å².